The summed E-state index contributed by atoms with van der Waals surface area (Å²) in [5, 5.41) is 0. The van der Waals surface area contributed by atoms with Crippen molar-refractivity contribution < 1.29 is 8.42 Å². The smallest absolute Gasteiger partial charge is 0.229 e. The first-order valence-corrected chi connectivity index (χ1v) is 7.16. The molecule has 0 aliphatic rings. The first-order chi connectivity index (χ1) is 6.87. The molecule has 0 amide bonds. The van der Waals surface area contributed by atoms with Gasteiger partial charge < -0.3 is 0 Å². The summed E-state index contributed by atoms with van der Waals surface area (Å²) < 4.78 is 26.5. The highest BCUT2D eigenvalue weighted by atomic mass is 127. The van der Waals surface area contributed by atoms with Gasteiger partial charge in [0.25, 0.3) is 0 Å². The van der Waals surface area contributed by atoms with Crippen LogP contribution in [0, 0.1) is 0 Å². The van der Waals surface area contributed by atoms with E-state index in [2.05, 4.69) is 27.6 Å². The van der Waals surface area contributed by atoms with Crippen molar-refractivity contribution in [2.24, 2.45) is 0 Å². The van der Waals surface area contributed by atoms with Crippen molar-refractivity contribution in [1.29, 1.82) is 0 Å². The Kier molecular flexibility index (Phi) is 4.35. The molecule has 6 heteroatoms. The quantitative estimate of drug-likeness (QED) is 0.672. The lowest BCUT2D eigenvalue weighted by atomic mass is 10.2. The van der Waals surface area contributed by atoms with Gasteiger partial charge >= 0.3 is 0 Å². The number of anilines is 1. The van der Waals surface area contributed by atoms with Gasteiger partial charge in [-0.25, -0.2) is 11.5 Å². The molecule has 0 saturated heterocycles. The van der Waals surface area contributed by atoms with Crippen LogP contribution >= 0.6 is 22.9 Å². The Labute approximate surface area is 104 Å². The van der Waals surface area contributed by atoms with Gasteiger partial charge in [0.05, 0.1) is 6.26 Å². The van der Waals surface area contributed by atoms with Crippen LogP contribution in [0.15, 0.2) is 24.3 Å². The molecule has 0 atom stereocenters. The van der Waals surface area contributed by atoms with Gasteiger partial charge in [0, 0.05) is 35.1 Å². The molecule has 0 spiro atoms. The third kappa shape index (κ3) is 5.33. The number of sulfonamides is 1. The highest BCUT2D eigenvalue weighted by Gasteiger charge is 2.03. The lowest BCUT2D eigenvalue weighted by Crippen LogP contribution is -2.10. The van der Waals surface area contributed by atoms with Crippen molar-refractivity contribution in [1.82, 2.24) is 3.11 Å². The van der Waals surface area contributed by atoms with E-state index in [1.54, 1.807) is 6.07 Å². The van der Waals surface area contributed by atoms with E-state index in [-0.39, 0.29) is 0 Å². The topological polar surface area (TPSA) is 49.4 Å². The highest BCUT2D eigenvalue weighted by molar-refractivity contribution is 14.1. The van der Waals surface area contributed by atoms with Gasteiger partial charge in [-0.15, -0.1) is 0 Å². The Hall–Kier alpha value is -0.340. The van der Waals surface area contributed by atoms with Gasteiger partial charge in [0.1, 0.15) is 0 Å². The van der Waals surface area contributed by atoms with Crippen molar-refractivity contribution in [2.75, 3.05) is 18.0 Å². The molecule has 15 heavy (non-hydrogen) atoms. The fraction of sp³-hybridized carbons (Fsp3) is 0.333. The molecule has 0 saturated carbocycles. The van der Waals surface area contributed by atoms with E-state index in [1.165, 1.54) is 0 Å². The van der Waals surface area contributed by atoms with Crippen LogP contribution in [0.3, 0.4) is 0 Å². The number of halogens is 1. The van der Waals surface area contributed by atoms with E-state index in [1.807, 2.05) is 28.4 Å². The van der Waals surface area contributed by atoms with Crippen LogP contribution in [0.2, 0.25) is 0 Å². The molecule has 1 aromatic rings. The second-order valence-corrected chi connectivity index (χ2v) is 6.73. The summed E-state index contributed by atoms with van der Waals surface area (Å²) in [5.74, 6) is 0. The zero-order valence-electron chi connectivity index (χ0n) is 8.57. The summed E-state index contributed by atoms with van der Waals surface area (Å²) in [6, 6.07) is 7.36. The first-order valence-electron chi connectivity index (χ1n) is 4.30. The van der Waals surface area contributed by atoms with E-state index in [0.717, 1.165) is 18.4 Å². The molecule has 1 aromatic carbocycles. The Morgan fingerprint density at radius 1 is 1.47 bits per heavy atom. The van der Waals surface area contributed by atoms with Crippen molar-refractivity contribution in [3.63, 3.8) is 0 Å². The minimum atomic E-state index is -3.19. The van der Waals surface area contributed by atoms with Crippen LogP contribution in [-0.4, -0.2) is 24.8 Å². The monoisotopic (exact) mass is 340 g/mol. The molecule has 0 unspecified atom stereocenters. The van der Waals surface area contributed by atoms with Crippen molar-refractivity contribution in [3.05, 3.63) is 29.8 Å². The van der Waals surface area contributed by atoms with Crippen LogP contribution < -0.4 is 4.72 Å². The normalized spacial score (nSPS) is 11.7. The molecule has 0 aliphatic carbocycles. The van der Waals surface area contributed by atoms with Crippen molar-refractivity contribution in [2.45, 2.75) is 6.54 Å². The fourth-order valence-corrected chi connectivity index (χ4v) is 2.15. The number of hydrogen-bond acceptors (Lipinski definition) is 3. The average molecular weight is 340 g/mol. The molecule has 0 bridgehead atoms. The molecule has 0 fully saturated rings. The van der Waals surface area contributed by atoms with E-state index in [9.17, 15) is 8.42 Å². The summed E-state index contributed by atoms with van der Waals surface area (Å²) in [7, 11) is -1.23. The summed E-state index contributed by atoms with van der Waals surface area (Å²) in [4.78, 5) is 0. The van der Waals surface area contributed by atoms with Crippen LogP contribution in [0.4, 0.5) is 5.69 Å². The summed E-state index contributed by atoms with van der Waals surface area (Å²) in [6.45, 7) is 0.778. The van der Waals surface area contributed by atoms with Crippen molar-refractivity contribution >= 4 is 38.6 Å². The summed E-state index contributed by atoms with van der Waals surface area (Å²) in [6.07, 6.45) is 1.14. The predicted molar refractivity (Wildman–Crippen MR) is 70.4 cm³/mol. The SMILES string of the molecule is CN(I)Cc1cccc(NS(C)(=O)=O)c1. The van der Waals surface area contributed by atoms with Gasteiger partial charge in [0.2, 0.25) is 10.0 Å². The zero-order valence-corrected chi connectivity index (χ0v) is 11.5. The predicted octanol–water partition coefficient (Wildman–Crippen LogP) is 1.84. The molecular weight excluding hydrogens is 327 g/mol. The molecule has 0 heterocycles. The fourth-order valence-electron chi connectivity index (χ4n) is 1.20. The van der Waals surface area contributed by atoms with Gasteiger partial charge in [-0.05, 0) is 24.7 Å². The molecule has 0 radical (unpaired) electrons. The number of nitrogens with one attached hydrogen (secondary N) is 1. The standard InChI is InChI=1S/C9H13IN2O2S/c1-12(10)7-8-4-3-5-9(6-8)11-15(2,13)14/h3-6,11H,7H2,1-2H3. The van der Waals surface area contributed by atoms with Gasteiger partial charge in [-0.1, -0.05) is 12.1 Å². The average Bonchev–Trinajstić information content (AvgIpc) is 1.99. The second-order valence-electron chi connectivity index (χ2n) is 3.34. The Bertz CT molecular complexity index is 431. The molecular formula is C9H13IN2O2S. The van der Waals surface area contributed by atoms with Crippen LogP contribution in [0.25, 0.3) is 0 Å². The van der Waals surface area contributed by atoms with E-state index < -0.39 is 10.0 Å². The molecule has 1 N–H and O–H groups in total. The lowest BCUT2D eigenvalue weighted by molar-refractivity contribution is 0.606. The molecule has 0 aliphatic heterocycles. The lowest BCUT2D eigenvalue weighted by Gasteiger charge is -2.09. The molecule has 4 nitrogen and oxygen atoms in total. The second kappa shape index (κ2) is 5.13. The third-order valence-corrected chi connectivity index (χ3v) is 2.58. The molecule has 0 aromatic heterocycles. The van der Waals surface area contributed by atoms with Crippen LogP contribution in [0.1, 0.15) is 5.56 Å². The maximum Gasteiger partial charge on any atom is 0.229 e. The first kappa shape index (κ1) is 12.7. The van der Waals surface area contributed by atoms with Gasteiger partial charge in [-0.3, -0.25) is 4.72 Å². The van der Waals surface area contributed by atoms with Crippen LogP contribution in [-0.2, 0) is 16.6 Å². The number of hydrogen-bond donors (Lipinski definition) is 1. The number of nitrogens with zero attached hydrogens (tertiary/aromatic N) is 1. The molecule has 1 rings (SSSR count). The van der Waals surface area contributed by atoms with Gasteiger partial charge in [0.15, 0.2) is 0 Å². The summed E-state index contributed by atoms with van der Waals surface area (Å²) >= 11 is 2.18. The largest absolute Gasteiger partial charge is 0.284 e. The zero-order chi connectivity index (χ0) is 11.5. The Morgan fingerprint density at radius 3 is 2.67 bits per heavy atom. The third-order valence-electron chi connectivity index (χ3n) is 1.63. The maximum atomic E-state index is 11.0. The van der Waals surface area contributed by atoms with E-state index >= 15 is 0 Å². The number of benzene rings is 1. The maximum absolute atomic E-state index is 11.0. The van der Waals surface area contributed by atoms with E-state index in [4.69, 9.17) is 0 Å². The number of rotatable bonds is 4. The van der Waals surface area contributed by atoms with Gasteiger partial charge in [-0.2, -0.15) is 0 Å². The Balaban J connectivity index is 2.83. The Morgan fingerprint density at radius 2 is 2.13 bits per heavy atom. The minimum absolute atomic E-state index is 0.605. The molecule has 84 valence electrons. The van der Waals surface area contributed by atoms with E-state index in [0.29, 0.717) is 5.69 Å². The van der Waals surface area contributed by atoms with Crippen molar-refractivity contribution in [3.8, 4) is 0 Å². The minimum Gasteiger partial charge on any atom is -0.284 e. The highest BCUT2D eigenvalue weighted by Crippen LogP contribution is 2.14. The summed E-state index contributed by atoms with van der Waals surface area (Å²) in [5.41, 5.74) is 1.67. The van der Waals surface area contributed by atoms with Crippen LogP contribution in [0.5, 0.6) is 0 Å².